The van der Waals surface area contributed by atoms with Gasteiger partial charge in [0.15, 0.2) is 0 Å². The molecule has 15 heavy (non-hydrogen) atoms. The van der Waals surface area contributed by atoms with E-state index in [1.165, 1.54) is 0 Å². The summed E-state index contributed by atoms with van der Waals surface area (Å²) in [6.07, 6.45) is 0.983. The number of hydrogen-bond donors (Lipinski definition) is 2. The maximum Gasteiger partial charge on any atom is 0.282 e. The lowest BCUT2D eigenvalue weighted by atomic mass is 10.2. The molecule has 0 saturated carbocycles. The van der Waals surface area contributed by atoms with Crippen LogP contribution in [-0.4, -0.2) is 47.2 Å². The molecule has 1 fully saturated rings. The minimum atomic E-state index is -0.176. The Morgan fingerprint density at radius 2 is 2.47 bits per heavy atom. The van der Waals surface area contributed by atoms with Gasteiger partial charge in [0, 0.05) is 12.6 Å². The van der Waals surface area contributed by atoms with E-state index in [2.05, 4.69) is 20.4 Å². The molecule has 0 radical (unpaired) electrons. The smallest absolute Gasteiger partial charge is 0.282 e. The van der Waals surface area contributed by atoms with Crippen LogP contribution < -0.4 is 11.1 Å². The molecule has 1 aromatic rings. The molecular weight excluding hydrogens is 214 g/mol. The van der Waals surface area contributed by atoms with Crippen LogP contribution in [0, 0.1) is 0 Å². The van der Waals surface area contributed by atoms with E-state index >= 15 is 0 Å². The number of nitrogens with one attached hydrogen (secondary N) is 1. The highest BCUT2D eigenvalue weighted by Crippen LogP contribution is 2.12. The maximum absolute atomic E-state index is 11.6. The van der Waals surface area contributed by atoms with Gasteiger partial charge in [-0.25, -0.2) is 0 Å². The van der Waals surface area contributed by atoms with Crippen LogP contribution in [0.15, 0.2) is 0 Å². The zero-order chi connectivity index (χ0) is 10.8. The van der Waals surface area contributed by atoms with Crippen LogP contribution in [0.2, 0.25) is 0 Å². The van der Waals surface area contributed by atoms with Gasteiger partial charge in [-0.1, -0.05) is 11.3 Å². The fourth-order valence-electron chi connectivity index (χ4n) is 1.63. The van der Waals surface area contributed by atoms with Crippen LogP contribution >= 0.6 is 11.3 Å². The van der Waals surface area contributed by atoms with Gasteiger partial charge in [0.25, 0.3) is 5.91 Å². The minimum Gasteiger partial charge on any atom is -0.374 e. The summed E-state index contributed by atoms with van der Waals surface area (Å²) in [6.45, 7) is 1.91. The van der Waals surface area contributed by atoms with Crippen LogP contribution in [0.3, 0.4) is 0 Å². The zero-order valence-electron chi connectivity index (χ0n) is 8.43. The number of rotatable bonds is 2. The predicted molar refractivity (Wildman–Crippen MR) is 57.7 cm³/mol. The summed E-state index contributed by atoms with van der Waals surface area (Å²) >= 11 is 1.11. The highest BCUT2D eigenvalue weighted by atomic mass is 32.1. The third kappa shape index (κ3) is 2.42. The number of nitrogens with zero attached hydrogens (tertiary/aromatic N) is 3. The molecule has 0 bridgehead atoms. The Kier molecular flexibility index (Phi) is 2.83. The largest absolute Gasteiger partial charge is 0.374 e. The van der Waals surface area contributed by atoms with Crippen molar-refractivity contribution in [3.8, 4) is 0 Å². The maximum atomic E-state index is 11.6. The molecular formula is C8H13N5OS. The average molecular weight is 227 g/mol. The third-order valence-corrected chi connectivity index (χ3v) is 3.11. The Bertz CT molecular complexity index is 366. The Hall–Kier alpha value is -1.21. The Morgan fingerprint density at radius 3 is 3.00 bits per heavy atom. The van der Waals surface area contributed by atoms with Crippen molar-refractivity contribution in [1.82, 2.24) is 20.4 Å². The molecule has 1 aliphatic rings. The first-order valence-corrected chi connectivity index (χ1v) is 5.55. The van der Waals surface area contributed by atoms with Gasteiger partial charge < -0.3 is 16.0 Å². The topological polar surface area (TPSA) is 84.1 Å². The molecule has 7 heteroatoms. The van der Waals surface area contributed by atoms with Gasteiger partial charge in [-0.05, 0) is 20.0 Å². The van der Waals surface area contributed by atoms with Crippen LogP contribution in [0.5, 0.6) is 0 Å². The van der Waals surface area contributed by atoms with E-state index < -0.39 is 0 Å². The van der Waals surface area contributed by atoms with Gasteiger partial charge in [0.2, 0.25) is 10.1 Å². The molecule has 0 aromatic carbocycles. The molecule has 1 aromatic heterocycles. The van der Waals surface area contributed by atoms with Gasteiger partial charge in [0.05, 0.1) is 0 Å². The molecule has 1 unspecified atom stereocenters. The standard InChI is InChI=1S/C8H13N5OS/c1-13-3-2-5(4-13)10-6(14)7-11-12-8(9)15-7/h5H,2-4H2,1H3,(H2,9,12)(H,10,14). The number of carbonyl (C=O) groups is 1. The molecule has 2 heterocycles. The van der Waals surface area contributed by atoms with E-state index in [0.717, 1.165) is 30.8 Å². The average Bonchev–Trinajstić information content (AvgIpc) is 2.75. The summed E-state index contributed by atoms with van der Waals surface area (Å²) in [4.78, 5) is 13.8. The molecule has 6 nitrogen and oxygen atoms in total. The van der Waals surface area contributed by atoms with E-state index in [1.807, 2.05) is 7.05 Å². The number of amides is 1. The highest BCUT2D eigenvalue weighted by molar-refractivity contribution is 7.16. The van der Waals surface area contributed by atoms with Crippen LogP contribution in [0.25, 0.3) is 0 Å². The van der Waals surface area contributed by atoms with Gasteiger partial charge in [-0.15, -0.1) is 10.2 Å². The van der Waals surface area contributed by atoms with Crippen molar-refractivity contribution in [2.24, 2.45) is 0 Å². The summed E-state index contributed by atoms with van der Waals surface area (Å²) in [6, 6.07) is 0.215. The molecule has 1 atom stereocenters. The van der Waals surface area contributed by atoms with Crippen molar-refractivity contribution in [3.05, 3.63) is 5.01 Å². The normalized spacial score (nSPS) is 21.8. The monoisotopic (exact) mass is 227 g/mol. The van der Waals surface area contributed by atoms with Gasteiger partial charge in [-0.3, -0.25) is 4.79 Å². The number of nitrogens with two attached hydrogens (primary N) is 1. The number of carbonyl (C=O) groups excluding carboxylic acids is 1. The summed E-state index contributed by atoms with van der Waals surface area (Å²) in [7, 11) is 2.04. The van der Waals surface area contributed by atoms with Crippen LogP contribution in [-0.2, 0) is 0 Å². The van der Waals surface area contributed by atoms with Crippen LogP contribution in [0.1, 0.15) is 16.2 Å². The molecule has 1 amide bonds. The lowest BCUT2D eigenvalue weighted by Crippen LogP contribution is -2.36. The number of likely N-dealkylation sites (tertiary alicyclic amines) is 1. The fourth-order valence-corrected chi connectivity index (χ4v) is 2.14. The Morgan fingerprint density at radius 1 is 1.67 bits per heavy atom. The second-order valence-electron chi connectivity index (χ2n) is 3.67. The van der Waals surface area contributed by atoms with Gasteiger partial charge in [0.1, 0.15) is 0 Å². The first-order valence-electron chi connectivity index (χ1n) is 4.73. The first-order chi connectivity index (χ1) is 7.15. The molecule has 1 aliphatic heterocycles. The number of likely N-dealkylation sites (N-methyl/N-ethyl adjacent to an activating group) is 1. The van der Waals surface area contributed by atoms with Crippen molar-refractivity contribution in [1.29, 1.82) is 0 Å². The molecule has 0 spiro atoms. The fraction of sp³-hybridized carbons (Fsp3) is 0.625. The second-order valence-corrected chi connectivity index (χ2v) is 4.68. The minimum absolute atomic E-state index is 0.176. The third-order valence-electron chi connectivity index (χ3n) is 2.36. The Balaban J connectivity index is 1.92. The lowest BCUT2D eigenvalue weighted by molar-refractivity contribution is 0.0937. The van der Waals surface area contributed by atoms with Crippen molar-refractivity contribution >= 4 is 22.4 Å². The number of hydrogen-bond acceptors (Lipinski definition) is 6. The molecule has 3 N–H and O–H groups in total. The predicted octanol–water partition coefficient (Wildman–Crippen LogP) is -0.446. The number of nitrogen functional groups attached to an aromatic ring is 1. The number of aromatic nitrogens is 2. The molecule has 0 aliphatic carbocycles. The van der Waals surface area contributed by atoms with Crippen molar-refractivity contribution in [2.45, 2.75) is 12.5 Å². The van der Waals surface area contributed by atoms with Crippen molar-refractivity contribution in [2.75, 3.05) is 25.9 Å². The quantitative estimate of drug-likeness (QED) is 0.715. The van der Waals surface area contributed by atoms with Gasteiger partial charge >= 0.3 is 0 Å². The summed E-state index contributed by atoms with van der Waals surface area (Å²) in [5, 5.41) is 10.9. The molecule has 1 saturated heterocycles. The van der Waals surface area contributed by atoms with E-state index in [0.29, 0.717) is 10.1 Å². The first kappa shape index (κ1) is 10.3. The lowest BCUT2D eigenvalue weighted by Gasteiger charge is -2.10. The van der Waals surface area contributed by atoms with E-state index in [-0.39, 0.29) is 11.9 Å². The highest BCUT2D eigenvalue weighted by Gasteiger charge is 2.22. The van der Waals surface area contributed by atoms with E-state index in [1.54, 1.807) is 0 Å². The van der Waals surface area contributed by atoms with E-state index in [4.69, 9.17) is 5.73 Å². The summed E-state index contributed by atoms with van der Waals surface area (Å²) in [5.74, 6) is -0.176. The SMILES string of the molecule is CN1CCC(NC(=O)c2nnc(N)s2)C1. The summed E-state index contributed by atoms with van der Waals surface area (Å²) in [5.41, 5.74) is 5.40. The van der Waals surface area contributed by atoms with Crippen molar-refractivity contribution < 1.29 is 4.79 Å². The molecule has 82 valence electrons. The molecule has 2 rings (SSSR count). The second kappa shape index (κ2) is 4.11. The summed E-state index contributed by atoms with van der Waals surface area (Å²) < 4.78 is 0. The number of anilines is 1. The van der Waals surface area contributed by atoms with Crippen LogP contribution in [0.4, 0.5) is 5.13 Å². The van der Waals surface area contributed by atoms with E-state index in [9.17, 15) is 4.79 Å². The Labute approximate surface area is 91.5 Å². The zero-order valence-corrected chi connectivity index (χ0v) is 9.25. The van der Waals surface area contributed by atoms with Crippen molar-refractivity contribution in [3.63, 3.8) is 0 Å². The van der Waals surface area contributed by atoms with Gasteiger partial charge in [-0.2, -0.15) is 0 Å².